The third-order valence-electron chi connectivity index (χ3n) is 3.03. The predicted molar refractivity (Wildman–Crippen MR) is 71.3 cm³/mol. The first-order chi connectivity index (χ1) is 8.86. The van der Waals surface area contributed by atoms with Gasteiger partial charge in [-0.05, 0) is 24.5 Å². The molecule has 18 heavy (non-hydrogen) atoms. The Labute approximate surface area is 108 Å². The molecule has 1 aliphatic heterocycles. The summed E-state index contributed by atoms with van der Waals surface area (Å²) in [5, 5.41) is 0. The van der Waals surface area contributed by atoms with E-state index in [2.05, 4.69) is 12.1 Å². The van der Waals surface area contributed by atoms with Gasteiger partial charge in [0.2, 0.25) is 5.91 Å². The molecular weight excluding hydrogens is 226 g/mol. The first-order valence-electron chi connectivity index (χ1n) is 6.43. The zero-order chi connectivity index (χ0) is 12.6. The van der Waals surface area contributed by atoms with Crippen LogP contribution in [0, 0.1) is 0 Å². The standard InChI is InChI=1S/C15H19NO2/c17-15(16-10-12-18-13-11-16)9-5-4-8-14-6-2-1-3-7-14/h1-3,5-7,9H,4,8,10-13H2/b9-5+. The number of hydrogen-bond acceptors (Lipinski definition) is 2. The fourth-order valence-corrected chi connectivity index (χ4v) is 1.97. The van der Waals surface area contributed by atoms with Crippen molar-refractivity contribution >= 4 is 5.91 Å². The van der Waals surface area contributed by atoms with Crippen LogP contribution in [0.25, 0.3) is 0 Å². The zero-order valence-electron chi connectivity index (χ0n) is 10.5. The van der Waals surface area contributed by atoms with Crippen molar-refractivity contribution in [3.63, 3.8) is 0 Å². The van der Waals surface area contributed by atoms with Gasteiger partial charge in [-0.1, -0.05) is 36.4 Å². The van der Waals surface area contributed by atoms with Crippen LogP contribution in [-0.4, -0.2) is 37.1 Å². The predicted octanol–water partition coefficient (Wildman–Crippen LogP) is 2.03. The van der Waals surface area contributed by atoms with Crippen LogP contribution in [0.1, 0.15) is 12.0 Å². The van der Waals surface area contributed by atoms with Gasteiger partial charge >= 0.3 is 0 Å². The highest BCUT2D eigenvalue weighted by Crippen LogP contribution is 2.04. The van der Waals surface area contributed by atoms with E-state index in [1.807, 2.05) is 29.2 Å². The van der Waals surface area contributed by atoms with Gasteiger partial charge in [-0.2, -0.15) is 0 Å². The highest BCUT2D eigenvalue weighted by molar-refractivity contribution is 5.87. The van der Waals surface area contributed by atoms with Gasteiger partial charge in [0.15, 0.2) is 0 Å². The third kappa shape index (κ3) is 4.00. The van der Waals surface area contributed by atoms with Gasteiger partial charge in [0.05, 0.1) is 13.2 Å². The number of aryl methyl sites for hydroxylation is 1. The Bertz CT molecular complexity index is 394. The molecule has 2 rings (SSSR count). The van der Waals surface area contributed by atoms with Crippen molar-refractivity contribution < 1.29 is 9.53 Å². The highest BCUT2D eigenvalue weighted by atomic mass is 16.5. The van der Waals surface area contributed by atoms with Crippen molar-refractivity contribution in [2.45, 2.75) is 12.8 Å². The van der Waals surface area contributed by atoms with Crippen LogP contribution in [0.4, 0.5) is 0 Å². The lowest BCUT2D eigenvalue weighted by atomic mass is 10.1. The third-order valence-corrected chi connectivity index (χ3v) is 3.03. The van der Waals surface area contributed by atoms with Crippen molar-refractivity contribution in [2.75, 3.05) is 26.3 Å². The second-order valence-corrected chi connectivity index (χ2v) is 4.36. The van der Waals surface area contributed by atoms with Crippen molar-refractivity contribution in [1.82, 2.24) is 4.90 Å². The first-order valence-corrected chi connectivity index (χ1v) is 6.43. The summed E-state index contributed by atoms with van der Waals surface area (Å²) in [5.74, 6) is 0.103. The number of nitrogens with zero attached hydrogens (tertiary/aromatic N) is 1. The van der Waals surface area contributed by atoms with Crippen LogP contribution in [0.5, 0.6) is 0 Å². The second kappa shape index (κ2) is 6.97. The Hall–Kier alpha value is -1.61. The zero-order valence-corrected chi connectivity index (χ0v) is 10.5. The van der Waals surface area contributed by atoms with Crippen LogP contribution in [0.15, 0.2) is 42.5 Å². The molecular formula is C15H19NO2. The minimum Gasteiger partial charge on any atom is -0.378 e. The number of hydrogen-bond donors (Lipinski definition) is 0. The molecule has 3 nitrogen and oxygen atoms in total. The number of amides is 1. The Balaban J connectivity index is 1.72. The first kappa shape index (κ1) is 12.8. The summed E-state index contributed by atoms with van der Waals surface area (Å²) in [5.41, 5.74) is 1.31. The molecule has 0 aliphatic carbocycles. The Morgan fingerprint density at radius 3 is 2.67 bits per heavy atom. The molecule has 3 heteroatoms. The van der Waals surface area contributed by atoms with E-state index >= 15 is 0 Å². The average molecular weight is 245 g/mol. The number of carbonyl (C=O) groups is 1. The van der Waals surface area contributed by atoms with Gasteiger partial charge < -0.3 is 9.64 Å². The molecule has 0 aromatic heterocycles. The van der Waals surface area contributed by atoms with E-state index in [0.29, 0.717) is 26.3 Å². The van der Waals surface area contributed by atoms with Crippen molar-refractivity contribution in [3.8, 4) is 0 Å². The summed E-state index contributed by atoms with van der Waals surface area (Å²) in [6.07, 6.45) is 5.53. The topological polar surface area (TPSA) is 29.5 Å². The molecule has 1 aliphatic rings. The molecule has 0 atom stereocenters. The molecule has 1 saturated heterocycles. The summed E-state index contributed by atoms with van der Waals surface area (Å²) < 4.78 is 5.22. The van der Waals surface area contributed by atoms with E-state index in [4.69, 9.17) is 4.74 Å². The van der Waals surface area contributed by atoms with Crippen LogP contribution in [0.3, 0.4) is 0 Å². The van der Waals surface area contributed by atoms with Gasteiger partial charge in [-0.15, -0.1) is 0 Å². The summed E-state index contributed by atoms with van der Waals surface area (Å²) in [7, 11) is 0. The SMILES string of the molecule is O=C(/C=C/CCc1ccccc1)N1CCOCC1. The fraction of sp³-hybridized carbons (Fsp3) is 0.400. The molecule has 1 fully saturated rings. The van der Waals surface area contributed by atoms with Crippen LogP contribution in [-0.2, 0) is 16.0 Å². The van der Waals surface area contributed by atoms with Crippen LogP contribution >= 0.6 is 0 Å². The molecule has 0 radical (unpaired) electrons. The van der Waals surface area contributed by atoms with E-state index < -0.39 is 0 Å². The lowest BCUT2D eigenvalue weighted by Gasteiger charge is -2.25. The number of benzene rings is 1. The van der Waals surface area contributed by atoms with Gasteiger partial charge in [0.25, 0.3) is 0 Å². The van der Waals surface area contributed by atoms with Crippen LogP contribution < -0.4 is 0 Å². The van der Waals surface area contributed by atoms with Crippen molar-refractivity contribution in [2.24, 2.45) is 0 Å². The van der Waals surface area contributed by atoms with Gasteiger partial charge in [-0.3, -0.25) is 4.79 Å². The molecule has 0 N–H and O–H groups in total. The molecule has 0 bridgehead atoms. The smallest absolute Gasteiger partial charge is 0.246 e. The summed E-state index contributed by atoms with van der Waals surface area (Å²) in [6, 6.07) is 10.3. The lowest BCUT2D eigenvalue weighted by Crippen LogP contribution is -2.39. The van der Waals surface area contributed by atoms with Crippen molar-refractivity contribution in [1.29, 1.82) is 0 Å². The molecule has 0 spiro atoms. The highest BCUT2D eigenvalue weighted by Gasteiger charge is 2.13. The largest absolute Gasteiger partial charge is 0.378 e. The van der Waals surface area contributed by atoms with Crippen molar-refractivity contribution in [3.05, 3.63) is 48.0 Å². The number of rotatable bonds is 4. The number of allylic oxidation sites excluding steroid dienone is 1. The minimum absolute atomic E-state index is 0.103. The quantitative estimate of drug-likeness (QED) is 0.760. The van der Waals surface area contributed by atoms with E-state index in [-0.39, 0.29) is 5.91 Å². The van der Waals surface area contributed by atoms with Crippen LogP contribution in [0.2, 0.25) is 0 Å². The molecule has 0 saturated carbocycles. The maximum atomic E-state index is 11.8. The molecule has 0 unspecified atom stereocenters. The minimum atomic E-state index is 0.103. The van der Waals surface area contributed by atoms with Gasteiger partial charge in [0.1, 0.15) is 0 Å². The summed E-state index contributed by atoms with van der Waals surface area (Å²) >= 11 is 0. The van der Waals surface area contributed by atoms with E-state index in [0.717, 1.165) is 12.8 Å². The normalized spacial score (nSPS) is 16.1. The van der Waals surface area contributed by atoms with E-state index in [1.165, 1.54) is 5.56 Å². The molecule has 1 aromatic carbocycles. The van der Waals surface area contributed by atoms with Gasteiger partial charge in [0, 0.05) is 13.1 Å². The fourth-order valence-electron chi connectivity index (χ4n) is 1.97. The maximum Gasteiger partial charge on any atom is 0.246 e. The molecule has 1 aromatic rings. The Morgan fingerprint density at radius 1 is 1.22 bits per heavy atom. The maximum absolute atomic E-state index is 11.8. The molecule has 1 heterocycles. The summed E-state index contributed by atoms with van der Waals surface area (Å²) in [6.45, 7) is 2.73. The van der Waals surface area contributed by atoms with Gasteiger partial charge in [-0.25, -0.2) is 0 Å². The molecule has 96 valence electrons. The molecule has 1 amide bonds. The lowest BCUT2D eigenvalue weighted by molar-refractivity contribution is -0.129. The Morgan fingerprint density at radius 2 is 1.94 bits per heavy atom. The average Bonchev–Trinajstić information content (AvgIpc) is 2.45. The monoisotopic (exact) mass is 245 g/mol. The second-order valence-electron chi connectivity index (χ2n) is 4.36. The number of carbonyl (C=O) groups excluding carboxylic acids is 1. The van der Waals surface area contributed by atoms with E-state index in [9.17, 15) is 4.79 Å². The Kier molecular flexibility index (Phi) is 4.97. The van der Waals surface area contributed by atoms with E-state index in [1.54, 1.807) is 6.08 Å². The number of morpholine rings is 1. The number of ether oxygens (including phenoxy) is 1. The summed E-state index contributed by atoms with van der Waals surface area (Å²) in [4.78, 5) is 13.6.